The van der Waals surface area contributed by atoms with Gasteiger partial charge in [-0.15, -0.1) is 0 Å². The van der Waals surface area contributed by atoms with Crippen molar-refractivity contribution in [2.24, 2.45) is 5.92 Å². The largest absolute Gasteiger partial charge is 0.481 e. The summed E-state index contributed by atoms with van der Waals surface area (Å²) in [6, 6.07) is 33.3. The van der Waals surface area contributed by atoms with Crippen molar-refractivity contribution in [1.82, 2.24) is 10.2 Å². The third-order valence-corrected chi connectivity index (χ3v) is 9.38. The molecule has 1 aliphatic rings. The van der Waals surface area contributed by atoms with E-state index in [9.17, 15) is 19.8 Å². The van der Waals surface area contributed by atoms with Gasteiger partial charge in [-0.3, -0.25) is 14.5 Å². The number of aliphatic hydroxyl groups is 2. The highest BCUT2D eigenvalue weighted by Crippen LogP contribution is 2.42. The Morgan fingerprint density at radius 2 is 1.53 bits per heavy atom. The van der Waals surface area contributed by atoms with Crippen LogP contribution in [-0.4, -0.2) is 57.8 Å². The average Bonchev–Trinajstić information content (AvgIpc) is 3.13. The Morgan fingerprint density at radius 3 is 2.20 bits per heavy atom. The average molecular weight is 667 g/mol. The Bertz CT molecular complexity index is 1660. The van der Waals surface area contributed by atoms with E-state index in [1.807, 2.05) is 117 Å². The van der Waals surface area contributed by atoms with Gasteiger partial charge in [-0.1, -0.05) is 104 Å². The Morgan fingerprint density at radius 1 is 0.837 bits per heavy atom. The number of rotatable bonds is 14. The van der Waals surface area contributed by atoms with Crippen LogP contribution in [0.4, 0.5) is 0 Å². The summed E-state index contributed by atoms with van der Waals surface area (Å²) >= 11 is 0. The maximum absolute atomic E-state index is 12.0. The molecule has 4 N–H and O–H groups in total. The summed E-state index contributed by atoms with van der Waals surface area (Å²) in [5.41, 5.74) is 6.46. The first-order valence-corrected chi connectivity index (χ1v) is 16.7. The van der Waals surface area contributed by atoms with Gasteiger partial charge in [0.25, 0.3) is 0 Å². The number of ether oxygens (including phenoxy) is 2. The number of carbonyl (C=O) groups excluding carboxylic acids is 1. The number of aliphatic carboxylic acids is 1. The van der Waals surface area contributed by atoms with Crippen molar-refractivity contribution < 1.29 is 34.4 Å². The molecule has 1 aliphatic heterocycles. The molecule has 6 atom stereocenters. The number of nitrogens with zero attached hydrogens (tertiary/aromatic N) is 1. The quantitative estimate of drug-likeness (QED) is 0.126. The molecule has 9 heteroatoms. The zero-order chi connectivity index (χ0) is 34.9. The molecule has 49 heavy (non-hydrogen) atoms. The number of hydrogen-bond donors (Lipinski definition) is 4. The molecule has 0 saturated carbocycles. The molecule has 9 nitrogen and oxygen atoms in total. The standard InChI is InChI=1S/C40H46N2O7/c1-26-35(24-42(3)27(2)38(47)31-9-5-4-6-10-31)48-40(49-39(26)32-14-12-28(25-43)13-15-32)33-18-16-30(17-19-33)34-11-7-8-29(22-34)23-41-36(44)20-21-37(45)46/h4-19,22,26-27,35,38-40,43,47H,20-21,23-25H2,1-3H3,(H,41,44)(H,45,46)/t26-,27+,35+,38+,39+,40+/m0/s1. The van der Waals surface area contributed by atoms with Gasteiger partial charge in [0.1, 0.15) is 0 Å². The van der Waals surface area contributed by atoms with E-state index in [1.54, 1.807) is 0 Å². The third-order valence-electron chi connectivity index (χ3n) is 9.38. The van der Waals surface area contributed by atoms with Crippen LogP contribution in [0, 0.1) is 5.92 Å². The molecule has 1 amide bonds. The lowest BCUT2D eigenvalue weighted by Crippen LogP contribution is -2.46. The molecular formula is C40H46N2O7. The first-order chi connectivity index (χ1) is 23.6. The van der Waals surface area contributed by atoms with Crippen molar-refractivity contribution in [2.75, 3.05) is 13.6 Å². The summed E-state index contributed by atoms with van der Waals surface area (Å²) in [6.45, 7) is 5.01. The van der Waals surface area contributed by atoms with E-state index in [1.165, 1.54) is 0 Å². The van der Waals surface area contributed by atoms with Gasteiger partial charge in [-0.2, -0.15) is 0 Å². The number of aliphatic hydroxyl groups excluding tert-OH is 2. The number of hydrogen-bond acceptors (Lipinski definition) is 7. The molecule has 5 rings (SSSR count). The number of benzene rings is 4. The number of carboxylic acids is 1. The maximum atomic E-state index is 12.0. The monoisotopic (exact) mass is 666 g/mol. The number of amides is 1. The van der Waals surface area contributed by atoms with E-state index >= 15 is 0 Å². The number of nitrogens with one attached hydrogen (secondary N) is 1. The fraction of sp³-hybridized carbons (Fsp3) is 0.350. The van der Waals surface area contributed by atoms with Crippen LogP contribution in [0.15, 0.2) is 103 Å². The summed E-state index contributed by atoms with van der Waals surface area (Å²) in [6.07, 6.45) is -2.01. The minimum atomic E-state index is -0.998. The van der Waals surface area contributed by atoms with E-state index in [0.29, 0.717) is 13.1 Å². The molecule has 0 bridgehead atoms. The Balaban J connectivity index is 1.32. The van der Waals surface area contributed by atoms with Crippen molar-refractivity contribution in [1.29, 1.82) is 0 Å². The highest BCUT2D eigenvalue weighted by molar-refractivity contribution is 5.80. The second kappa shape index (κ2) is 16.8. The summed E-state index contributed by atoms with van der Waals surface area (Å²) < 4.78 is 13.3. The molecule has 258 valence electrons. The van der Waals surface area contributed by atoms with Gasteiger partial charge in [0.2, 0.25) is 5.91 Å². The van der Waals surface area contributed by atoms with Gasteiger partial charge in [0.05, 0.1) is 31.3 Å². The fourth-order valence-corrected chi connectivity index (χ4v) is 6.15. The van der Waals surface area contributed by atoms with Crippen LogP contribution in [0.5, 0.6) is 0 Å². The van der Waals surface area contributed by atoms with Crippen LogP contribution in [0.25, 0.3) is 11.1 Å². The summed E-state index contributed by atoms with van der Waals surface area (Å²) in [4.78, 5) is 24.9. The predicted molar refractivity (Wildman–Crippen MR) is 187 cm³/mol. The van der Waals surface area contributed by atoms with Gasteiger partial charge < -0.3 is 30.1 Å². The topological polar surface area (TPSA) is 129 Å². The van der Waals surface area contributed by atoms with Crippen LogP contribution in [0.1, 0.15) is 73.0 Å². The SMILES string of the molecule is C[C@H]1[C@@H](CN(C)[C@H](C)[C@@H](O)c2ccccc2)O[C@@H](c2ccc(-c3cccc(CNC(=O)CCC(=O)O)c3)cc2)O[C@H]1c1ccc(CO)cc1. The van der Waals surface area contributed by atoms with Crippen molar-refractivity contribution in [3.8, 4) is 11.1 Å². The predicted octanol–water partition coefficient (Wildman–Crippen LogP) is 6.17. The van der Waals surface area contributed by atoms with Crippen molar-refractivity contribution in [2.45, 2.75) is 70.5 Å². The highest BCUT2D eigenvalue weighted by Gasteiger charge is 2.39. The number of likely N-dealkylation sites (N-methyl/N-ethyl adjacent to an activating group) is 1. The zero-order valence-electron chi connectivity index (χ0n) is 28.2. The summed E-state index contributed by atoms with van der Waals surface area (Å²) in [5.74, 6) is -1.30. The van der Waals surface area contributed by atoms with E-state index in [4.69, 9.17) is 14.6 Å². The molecule has 4 aromatic carbocycles. The van der Waals surface area contributed by atoms with Crippen molar-refractivity contribution >= 4 is 11.9 Å². The Labute approximate surface area is 288 Å². The Hall–Kier alpha value is -4.38. The van der Waals surface area contributed by atoms with Crippen molar-refractivity contribution in [3.63, 3.8) is 0 Å². The number of carbonyl (C=O) groups is 2. The third kappa shape index (κ3) is 9.41. The van der Waals surface area contributed by atoms with E-state index < -0.39 is 18.4 Å². The normalized spacial score (nSPS) is 20.4. The molecule has 1 fully saturated rings. The molecular weight excluding hydrogens is 620 g/mol. The van der Waals surface area contributed by atoms with Gasteiger partial charge in [-0.05, 0) is 53.4 Å². The number of carboxylic acid groups (broad SMARTS) is 1. The first kappa shape index (κ1) is 35.9. The molecule has 1 saturated heterocycles. The van der Waals surface area contributed by atoms with Gasteiger partial charge in [0.15, 0.2) is 6.29 Å². The van der Waals surface area contributed by atoms with E-state index in [-0.39, 0.29) is 49.5 Å². The Kier molecular flexibility index (Phi) is 12.3. The minimum absolute atomic E-state index is 0.00798. The lowest BCUT2D eigenvalue weighted by atomic mass is 9.89. The molecule has 0 radical (unpaired) electrons. The molecule has 0 aromatic heterocycles. The van der Waals surface area contributed by atoms with E-state index in [2.05, 4.69) is 17.1 Å². The second-order valence-corrected chi connectivity index (χ2v) is 12.9. The summed E-state index contributed by atoms with van der Waals surface area (Å²) in [5, 5.41) is 32.3. The molecule has 0 spiro atoms. The minimum Gasteiger partial charge on any atom is -0.481 e. The summed E-state index contributed by atoms with van der Waals surface area (Å²) in [7, 11) is 2.01. The van der Waals surface area contributed by atoms with Crippen LogP contribution < -0.4 is 5.32 Å². The van der Waals surface area contributed by atoms with Crippen molar-refractivity contribution in [3.05, 3.63) is 131 Å². The van der Waals surface area contributed by atoms with Gasteiger partial charge >= 0.3 is 5.97 Å². The highest BCUT2D eigenvalue weighted by atomic mass is 16.7. The molecule has 0 unspecified atom stereocenters. The first-order valence-electron chi connectivity index (χ1n) is 16.7. The second-order valence-electron chi connectivity index (χ2n) is 12.9. The molecule has 4 aromatic rings. The smallest absolute Gasteiger partial charge is 0.303 e. The fourth-order valence-electron chi connectivity index (χ4n) is 6.15. The van der Waals surface area contributed by atoms with Gasteiger partial charge in [0, 0.05) is 37.0 Å². The molecule has 1 heterocycles. The van der Waals surface area contributed by atoms with E-state index in [0.717, 1.165) is 38.9 Å². The van der Waals surface area contributed by atoms with Crippen LogP contribution >= 0.6 is 0 Å². The lowest BCUT2D eigenvalue weighted by molar-refractivity contribution is -0.276. The lowest BCUT2D eigenvalue weighted by Gasteiger charge is -2.43. The maximum Gasteiger partial charge on any atom is 0.303 e. The zero-order valence-corrected chi connectivity index (χ0v) is 28.2. The van der Waals surface area contributed by atoms with Gasteiger partial charge in [-0.25, -0.2) is 0 Å². The van der Waals surface area contributed by atoms with Crippen LogP contribution in [0.3, 0.4) is 0 Å². The molecule has 0 aliphatic carbocycles. The van der Waals surface area contributed by atoms with Crippen LogP contribution in [0.2, 0.25) is 0 Å². The van der Waals surface area contributed by atoms with Crippen LogP contribution in [-0.2, 0) is 32.2 Å².